The second-order valence-electron chi connectivity index (χ2n) is 4.45. The van der Waals surface area contributed by atoms with E-state index in [0.29, 0.717) is 17.5 Å². The number of hydrogen-bond acceptors (Lipinski definition) is 4. The molecule has 0 saturated heterocycles. The maximum atomic E-state index is 5.70. The molecule has 21 heavy (non-hydrogen) atoms. The van der Waals surface area contributed by atoms with Crippen LogP contribution < -0.4 is 9.47 Å². The summed E-state index contributed by atoms with van der Waals surface area (Å²) in [4.78, 5) is 4.54. The average Bonchev–Trinajstić information content (AvgIpc) is 3.00. The smallest absolute Gasteiger partial charge is 0.313 e. The Bertz CT molecular complexity index is 718. The highest BCUT2D eigenvalue weighted by atomic mass is 16.6. The van der Waals surface area contributed by atoms with E-state index in [4.69, 9.17) is 13.9 Å². The lowest BCUT2D eigenvalue weighted by Crippen LogP contribution is -1.84. The minimum Gasteiger partial charge on any atom is -0.497 e. The minimum atomic E-state index is 0.409. The summed E-state index contributed by atoms with van der Waals surface area (Å²) in [5, 5.41) is 0. The molecule has 0 atom stereocenters. The van der Waals surface area contributed by atoms with Gasteiger partial charge in [0.25, 0.3) is 0 Å². The molecule has 3 aromatic rings. The topological polar surface area (TPSA) is 44.5 Å². The van der Waals surface area contributed by atoms with E-state index in [0.717, 1.165) is 16.9 Å². The van der Waals surface area contributed by atoms with Gasteiger partial charge in [0, 0.05) is 11.1 Å². The van der Waals surface area contributed by atoms with Gasteiger partial charge < -0.3 is 13.9 Å². The number of oxazole rings is 1. The summed E-state index contributed by atoms with van der Waals surface area (Å²) in [5.74, 6) is 1.72. The lowest BCUT2D eigenvalue weighted by Gasteiger charge is -1.99. The maximum Gasteiger partial charge on any atom is 0.313 e. The molecular weight excluding hydrogens is 266 g/mol. The molecule has 4 heteroatoms. The Hall–Kier alpha value is -2.75. The molecule has 0 bridgehead atoms. The third kappa shape index (κ3) is 2.60. The van der Waals surface area contributed by atoms with Gasteiger partial charge in [0.2, 0.25) is 5.89 Å². The molecule has 1 heterocycles. The Morgan fingerprint density at radius 3 is 2.14 bits per heavy atom. The lowest BCUT2D eigenvalue weighted by molar-refractivity contribution is 0.310. The highest BCUT2D eigenvalue weighted by molar-refractivity contribution is 5.67. The Balaban J connectivity index is 2.02. The van der Waals surface area contributed by atoms with E-state index >= 15 is 0 Å². The molecule has 0 aliphatic heterocycles. The summed E-state index contributed by atoms with van der Waals surface area (Å²) in [7, 11) is 3.21. The second-order valence-corrected chi connectivity index (χ2v) is 4.45. The summed E-state index contributed by atoms with van der Waals surface area (Å²) in [5.41, 5.74) is 2.53. The van der Waals surface area contributed by atoms with E-state index in [1.165, 1.54) is 0 Å². The van der Waals surface area contributed by atoms with Gasteiger partial charge in [-0.05, 0) is 24.3 Å². The molecular formula is C17H15NO3. The standard InChI is InChI=1S/C17H15NO3/c1-19-14-10-8-13(9-11-14)16-18-15(17(20-2)21-16)12-6-4-3-5-7-12/h3-11H,1-2H3. The van der Waals surface area contributed by atoms with Crippen LogP contribution in [0.5, 0.6) is 11.7 Å². The van der Waals surface area contributed by atoms with Crippen LogP contribution in [0.3, 0.4) is 0 Å². The predicted molar refractivity (Wildman–Crippen MR) is 80.5 cm³/mol. The molecule has 3 rings (SSSR count). The first-order valence-corrected chi connectivity index (χ1v) is 6.56. The quantitative estimate of drug-likeness (QED) is 0.724. The summed E-state index contributed by atoms with van der Waals surface area (Å²) in [6, 6.07) is 17.4. The molecule has 0 aliphatic rings. The molecule has 0 spiro atoms. The fraction of sp³-hybridized carbons (Fsp3) is 0.118. The van der Waals surface area contributed by atoms with Crippen molar-refractivity contribution in [2.75, 3.05) is 14.2 Å². The molecule has 4 nitrogen and oxygen atoms in total. The van der Waals surface area contributed by atoms with Gasteiger partial charge in [-0.1, -0.05) is 30.3 Å². The summed E-state index contributed by atoms with van der Waals surface area (Å²) in [6.45, 7) is 0. The van der Waals surface area contributed by atoms with Crippen LogP contribution in [0.25, 0.3) is 22.7 Å². The van der Waals surface area contributed by atoms with Crippen LogP contribution in [0.4, 0.5) is 0 Å². The van der Waals surface area contributed by atoms with Crippen LogP contribution in [0.15, 0.2) is 59.0 Å². The van der Waals surface area contributed by atoms with Gasteiger partial charge in [-0.25, -0.2) is 4.98 Å². The Kier molecular flexibility index (Phi) is 3.60. The first kappa shape index (κ1) is 13.2. The molecule has 2 aromatic carbocycles. The van der Waals surface area contributed by atoms with Crippen molar-refractivity contribution >= 4 is 0 Å². The maximum absolute atomic E-state index is 5.70. The zero-order valence-electron chi connectivity index (χ0n) is 11.9. The fourth-order valence-electron chi connectivity index (χ4n) is 2.08. The minimum absolute atomic E-state index is 0.409. The van der Waals surface area contributed by atoms with E-state index in [1.54, 1.807) is 14.2 Å². The normalized spacial score (nSPS) is 10.4. The summed E-state index contributed by atoms with van der Waals surface area (Å²) < 4.78 is 16.1. The summed E-state index contributed by atoms with van der Waals surface area (Å²) in [6.07, 6.45) is 0. The number of aromatic nitrogens is 1. The zero-order valence-corrected chi connectivity index (χ0v) is 11.9. The van der Waals surface area contributed by atoms with Gasteiger partial charge in [0.1, 0.15) is 5.75 Å². The van der Waals surface area contributed by atoms with Gasteiger partial charge in [-0.15, -0.1) is 0 Å². The van der Waals surface area contributed by atoms with Crippen molar-refractivity contribution in [2.24, 2.45) is 0 Å². The largest absolute Gasteiger partial charge is 0.497 e. The second kappa shape index (κ2) is 5.71. The lowest BCUT2D eigenvalue weighted by atomic mass is 10.2. The molecule has 0 N–H and O–H groups in total. The van der Waals surface area contributed by atoms with Gasteiger partial charge in [-0.3, -0.25) is 0 Å². The highest BCUT2D eigenvalue weighted by Crippen LogP contribution is 2.34. The molecule has 0 aliphatic carbocycles. The summed E-state index contributed by atoms with van der Waals surface area (Å²) >= 11 is 0. The van der Waals surface area contributed by atoms with Gasteiger partial charge in [0.15, 0.2) is 5.69 Å². The van der Waals surface area contributed by atoms with Gasteiger partial charge in [-0.2, -0.15) is 0 Å². The zero-order chi connectivity index (χ0) is 14.7. The van der Waals surface area contributed by atoms with E-state index in [9.17, 15) is 0 Å². The number of hydrogen-bond donors (Lipinski definition) is 0. The Labute approximate surface area is 123 Å². The van der Waals surface area contributed by atoms with E-state index in [1.807, 2.05) is 54.6 Å². The SMILES string of the molecule is COc1ccc(-c2nc(-c3ccccc3)c(OC)o2)cc1. The van der Waals surface area contributed by atoms with E-state index in [-0.39, 0.29) is 0 Å². The number of benzene rings is 2. The molecule has 0 radical (unpaired) electrons. The van der Waals surface area contributed by atoms with Crippen LogP contribution in [0, 0.1) is 0 Å². The first-order chi connectivity index (χ1) is 10.3. The average molecular weight is 281 g/mol. The molecule has 0 amide bonds. The predicted octanol–water partition coefficient (Wildman–Crippen LogP) is 4.03. The third-order valence-corrected chi connectivity index (χ3v) is 3.17. The van der Waals surface area contributed by atoms with E-state index < -0.39 is 0 Å². The Morgan fingerprint density at radius 1 is 0.810 bits per heavy atom. The van der Waals surface area contributed by atoms with Crippen molar-refractivity contribution < 1.29 is 13.9 Å². The van der Waals surface area contributed by atoms with Crippen LogP contribution >= 0.6 is 0 Å². The monoisotopic (exact) mass is 281 g/mol. The molecule has 1 aromatic heterocycles. The van der Waals surface area contributed by atoms with Crippen molar-refractivity contribution in [3.63, 3.8) is 0 Å². The molecule has 0 unspecified atom stereocenters. The first-order valence-electron chi connectivity index (χ1n) is 6.56. The van der Waals surface area contributed by atoms with Crippen molar-refractivity contribution in [3.8, 4) is 34.4 Å². The molecule has 0 fully saturated rings. The number of ether oxygens (including phenoxy) is 2. The number of nitrogens with zero attached hydrogens (tertiary/aromatic N) is 1. The molecule has 0 saturated carbocycles. The van der Waals surface area contributed by atoms with Crippen molar-refractivity contribution in [2.45, 2.75) is 0 Å². The van der Waals surface area contributed by atoms with Crippen LogP contribution in [0.1, 0.15) is 0 Å². The van der Waals surface area contributed by atoms with Crippen LogP contribution in [0.2, 0.25) is 0 Å². The fourth-order valence-corrected chi connectivity index (χ4v) is 2.08. The van der Waals surface area contributed by atoms with Gasteiger partial charge in [0.05, 0.1) is 14.2 Å². The molecule has 106 valence electrons. The highest BCUT2D eigenvalue weighted by Gasteiger charge is 2.16. The van der Waals surface area contributed by atoms with E-state index in [2.05, 4.69) is 4.98 Å². The Morgan fingerprint density at radius 2 is 1.52 bits per heavy atom. The number of methoxy groups -OCH3 is 2. The van der Waals surface area contributed by atoms with Crippen molar-refractivity contribution in [1.29, 1.82) is 0 Å². The van der Waals surface area contributed by atoms with Crippen molar-refractivity contribution in [1.82, 2.24) is 4.98 Å². The van der Waals surface area contributed by atoms with Crippen LogP contribution in [-0.4, -0.2) is 19.2 Å². The van der Waals surface area contributed by atoms with Crippen LogP contribution in [-0.2, 0) is 0 Å². The van der Waals surface area contributed by atoms with Gasteiger partial charge >= 0.3 is 5.95 Å². The third-order valence-electron chi connectivity index (χ3n) is 3.17. The number of rotatable bonds is 4. The van der Waals surface area contributed by atoms with Crippen molar-refractivity contribution in [3.05, 3.63) is 54.6 Å².